The maximum atomic E-state index is 12.7. The SMILES string of the molecule is O=C1CC(=NCCN2CCCC2)C(=O)c2oc(-c3cc(Br)cc(Br)c3)nc21. The molecule has 1 aromatic heterocycles. The average Bonchev–Trinajstić information content (AvgIpc) is 3.28. The first-order valence-corrected chi connectivity index (χ1v) is 10.4. The summed E-state index contributed by atoms with van der Waals surface area (Å²) in [5, 5.41) is 0. The Morgan fingerprint density at radius 3 is 2.52 bits per heavy atom. The van der Waals surface area contributed by atoms with Crippen molar-refractivity contribution in [2.75, 3.05) is 26.2 Å². The second kappa shape index (κ2) is 7.77. The Bertz CT molecular complexity index is 925. The molecule has 1 aliphatic heterocycles. The van der Waals surface area contributed by atoms with E-state index < -0.39 is 0 Å². The molecule has 0 amide bonds. The zero-order valence-corrected chi connectivity index (χ0v) is 17.7. The van der Waals surface area contributed by atoms with E-state index in [0.29, 0.717) is 12.1 Å². The predicted octanol–water partition coefficient (Wildman–Crippen LogP) is 4.17. The lowest BCUT2D eigenvalue weighted by Crippen LogP contribution is -2.28. The summed E-state index contributed by atoms with van der Waals surface area (Å²) in [7, 11) is 0. The zero-order valence-electron chi connectivity index (χ0n) is 14.5. The van der Waals surface area contributed by atoms with Gasteiger partial charge in [0.2, 0.25) is 17.4 Å². The monoisotopic (exact) mass is 493 g/mol. The molecule has 2 aliphatic rings. The van der Waals surface area contributed by atoms with Crippen LogP contribution < -0.4 is 0 Å². The molecule has 4 rings (SSSR count). The predicted molar refractivity (Wildman–Crippen MR) is 109 cm³/mol. The van der Waals surface area contributed by atoms with Gasteiger partial charge in [0, 0.05) is 21.1 Å². The van der Waals surface area contributed by atoms with Crippen molar-refractivity contribution in [1.29, 1.82) is 0 Å². The van der Waals surface area contributed by atoms with Crippen molar-refractivity contribution < 1.29 is 14.0 Å². The number of carbonyl (C=O) groups excluding carboxylic acids is 2. The number of fused-ring (bicyclic) bond motifs is 1. The minimum atomic E-state index is -0.334. The minimum absolute atomic E-state index is 0.00253. The first-order chi connectivity index (χ1) is 13.0. The van der Waals surface area contributed by atoms with Crippen molar-refractivity contribution in [2.45, 2.75) is 19.3 Å². The van der Waals surface area contributed by atoms with E-state index in [0.717, 1.165) is 28.6 Å². The highest BCUT2D eigenvalue weighted by Crippen LogP contribution is 2.30. The number of hydrogen-bond donors (Lipinski definition) is 0. The van der Waals surface area contributed by atoms with Crippen LogP contribution in [-0.4, -0.2) is 53.3 Å². The van der Waals surface area contributed by atoms with Crippen LogP contribution in [0.1, 0.15) is 40.3 Å². The Kier molecular flexibility index (Phi) is 5.39. The minimum Gasteiger partial charge on any atom is -0.432 e. The molecule has 27 heavy (non-hydrogen) atoms. The number of aromatic nitrogens is 1. The molecular formula is C19H17Br2N3O3. The van der Waals surface area contributed by atoms with Crippen LogP contribution in [0.4, 0.5) is 0 Å². The molecule has 2 aromatic rings. The van der Waals surface area contributed by atoms with E-state index in [9.17, 15) is 9.59 Å². The number of halogens is 2. The maximum Gasteiger partial charge on any atom is 0.244 e. The van der Waals surface area contributed by atoms with Gasteiger partial charge in [-0.05, 0) is 44.1 Å². The lowest BCUT2D eigenvalue weighted by Gasteiger charge is -2.13. The molecule has 0 unspecified atom stereocenters. The molecule has 1 fully saturated rings. The van der Waals surface area contributed by atoms with Crippen LogP contribution in [0.5, 0.6) is 0 Å². The van der Waals surface area contributed by atoms with Gasteiger partial charge in [-0.1, -0.05) is 31.9 Å². The van der Waals surface area contributed by atoms with Crippen LogP contribution in [0.15, 0.2) is 36.6 Å². The summed E-state index contributed by atoms with van der Waals surface area (Å²) in [5.41, 5.74) is 1.05. The maximum absolute atomic E-state index is 12.7. The van der Waals surface area contributed by atoms with Gasteiger partial charge in [-0.15, -0.1) is 0 Å². The number of benzene rings is 1. The fraction of sp³-hybridized carbons (Fsp3) is 0.368. The third kappa shape index (κ3) is 3.97. The van der Waals surface area contributed by atoms with E-state index in [4.69, 9.17) is 4.42 Å². The van der Waals surface area contributed by atoms with Gasteiger partial charge in [0.25, 0.3) is 0 Å². The van der Waals surface area contributed by atoms with Crippen LogP contribution in [0.25, 0.3) is 11.5 Å². The summed E-state index contributed by atoms with van der Waals surface area (Å²) in [6, 6.07) is 5.53. The van der Waals surface area contributed by atoms with E-state index in [2.05, 4.69) is 46.7 Å². The number of ketones is 2. The second-order valence-corrected chi connectivity index (χ2v) is 8.49. The molecule has 0 radical (unpaired) electrons. The molecule has 2 heterocycles. The Morgan fingerprint density at radius 1 is 1.11 bits per heavy atom. The first kappa shape index (κ1) is 18.7. The van der Waals surface area contributed by atoms with Crippen LogP contribution in [0.3, 0.4) is 0 Å². The summed E-state index contributed by atoms with van der Waals surface area (Å²) < 4.78 is 7.36. The highest BCUT2D eigenvalue weighted by atomic mass is 79.9. The number of likely N-dealkylation sites (tertiary alicyclic amines) is 1. The average molecular weight is 495 g/mol. The fourth-order valence-corrected chi connectivity index (χ4v) is 4.66. The molecule has 0 atom stereocenters. The Morgan fingerprint density at radius 2 is 1.81 bits per heavy atom. The van der Waals surface area contributed by atoms with E-state index in [1.165, 1.54) is 12.8 Å². The number of Topliss-reactive ketones (excluding diaryl/α,β-unsaturated/α-hetero) is 2. The van der Waals surface area contributed by atoms with Crippen molar-refractivity contribution >= 4 is 49.1 Å². The fourth-order valence-electron chi connectivity index (χ4n) is 3.37. The smallest absolute Gasteiger partial charge is 0.244 e. The lowest BCUT2D eigenvalue weighted by molar-refractivity contribution is 0.0949. The Hall–Kier alpha value is -1.64. The highest BCUT2D eigenvalue weighted by molar-refractivity contribution is 9.11. The molecule has 0 bridgehead atoms. The molecule has 0 spiro atoms. The summed E-state index contributed by atoms with van der Waals surface area (Å²) in [6.45, 7) is 3.49. The van der Waals surface area contributed by atoms with E-state index in [1.54, 1.807) is 0 Å². The van der Waals surface area contributed by atoms with Crippen LogP contribution in [0.2, 0.25) is 0 Å². The Labute approximate surface area is 173 Å². The van der Waals surface area contributed by atoms with Crippen molar-refractivity contribution in [3.8, 4) is 11.5 Å². The normalized spacial score (nSPS) is 19.1. The van der Waals surface area contributed by atoms with Crippen molar-refractivity contribution in [3.05, 3.63) is 38.6 Å². The quantitative estimate of drug-likeness (QED) is 0.637. The third-order valence-corrected chi connectivity index (χ3v) is 5.63. The largest absolute Gasteiger partial charge is 0.432 e. The van der Waals surface area contributed by atoms with Crippen molar-refractivity contribution in [3.63, 3.8) is 0 Å². The molecule has 1 saturated heterocycles. The van der Waals surface area contributed by atoms with Crippen LogP contribution in [0, 0.1) is 0 Å². The topological polar surface area (TPSA) is 75.8 Å². The summed E-state index contributed by atoms with van der Waals surface area (Å²) in [6.07, 6.45) is 2.41. The van der Waals surface area contributed by atoms with Gasteiger partial charge in [0.15, 0.2) is 11.5 Å². The van der Waals surface area contributed by atoms with E-state index in [-0.39, 0.29) is 41.0 Å². The van der Waals surface area contributed by atoms with Gasteiger partial charge < -0.3 is 9.32 Å². The number of aliphatic imine (C=N–C) groups is 1. The molecule has 1 aliphatic carbocycles. The molecular weight excluding hydrogens is 478 g/mol. The number of rotatable bonds is 4. The number of nitrogens with zero attached hydrogens (tertiary/aromatic N) is 3. The van der Waals surface area contributed by atoms with Crippen LogP contribution >= 0.6 is 31.9 Å². The van der Waals surface area contributed by atoms with Crippen molar-refractivity contribution in [2.24, 2.45) is 4.99 Å². The van der Waals surface area contributed by atoms with Gasteiger partial charge >= 0.3 is 0 Å². The standard InChI is InChI=1S/C19H17Br2N3O3/c20-12-7-11(8-13(21)9-12)19-23-16-15(25)10-14(17(26)18(16)27-19)22-3-6-24-4-1-2-5-24/h7-9H,1-6,10H2. The summed E-state index contributed by atoms with van der Waals surface area (Å²) >= 11 is 6.83. The van der Waals surface area contributed by atoms with Gasteiger partial charge in [-0.25, -0.2) is 4.98 Å². The van der Waals surface area contributed by atoms with E-state index in [1.807, 2.05) is 18.2 Å². The number of oxazole rings is 1. The van der Waals surface area contributed by atoms with Gasteiger partial charge in [0.1, 0.15) is 0 Å². The van der Waals surface area contributed by atoms with Gasteiger partial charge in [0.05, 0.1) is 18.7 Å². The molecule has 140 valence electrons. The zero-order chi connectivity index (χ0) is 19.0. The van der Waals surface area contributed by atoms with Crippen molar-refractivity contribution in [1.82, 2.24) is 9.88 Å². The lowest BCUT2D eigenvalue weighted by atomic mass is 9.97. The van der Waals surface area contributed by atoms with E-state index >= 15 is 0 Å². The molecule has 8 heteroatoms. The highest BCUT2D eigenvalue weighted by Gasteiger charge is 2.35. The first-order valence-electron chi connectivity index (χ1n) is 8.82. The molecule has 0 N–H and O–H groups in total. The number of hydrogen-bond acceptors (Lipinski definition) is 6. The molecule has 0 saturated carbocycles. The van der Waals surface area contributed by atoms with Crippen LogP contribution in [-0.2, 0) is 0 Å². The third-order valence-electron chi connectivity index (χ3n) is 4.71. The van der Waals surface area contributed by atoms with Gasteiger partial charge in [-0.2, -0.15) is 0 Å². The Balaban J connectivity index is 1.58. The summed E-state index contributed by atoms with van der Waals surface area (Å²) in [4.78, 5) is 36.2. The number of carbonyl (C=O) groups is 2. The second-order valence-electron chi connectivity index (χ2n) is 6.66. The van der Waals surface area contributed by atoms with Gasteiger partial charge in [-0.3, -0.25) is 14.6 Å². The molecule has 1 aromatic carbocycles. The summed E-state index contributed by atoms with van der Waals surface area (Å²) in [5.74, 6) is -0.313. The molecule has 6 nitrogen and oxygen atoms in total.